The van der Waals surface area contributed by atoms with Gasteiger partial charge in [-0.25, -0.2) is 4.79 Å². The Balaban J connectivity index is 1.67. The first-order valence-electron chi connectivity index (χ1n) is 9.36. The van der Waals surface area contributed by atoms with Crippen LogP contribution in [0.4, 0.5) is 4.79 Å². The zero-order valence-electron chi connectivity index (χ0n) is 15.3. The average Bonchev–Trinajstić information content (AvgIpc) is 3.03. The first-order valence-corrected chi connectivity index (χ1v) is 9.36. The van der Waals surface area contributed by atoms with Crippen LogP contribution in [0.5, 0.6) is 0 Å². The summed E-state index contributed by atoms with van der Waals surface area (Å²) < 4.78 is 5.80. The molecule has 0 bridgehead atoms. The van der Waals surface area contributed by atoms with Crippen LogP contribution in [0, 0.1) is 5.92 Å². The van der Waals surface area contributed by atoms with E-state index < -0.39 is 5.60 Å². The second kappa shape index (κ2) is 7.75. The Morgan fingerprint density at radius 1 is 1.28 bits per heavy atom. The molecule has 0 radical (unpaired) electrons. The normalized spacial score (nSPS) is 26.1. The summed E-state index contributed by atoms with van der Waals surface area (Å²) in [4.78, 5) is 14.7. The lowest BCUT2D eigenvalue weighted by Gasteiger charge is -2.36. The van der Waals surface area contributed by atoms with Crippen molar-refractivity contribution in [1.29, 1.82) is 0 Å². The minimum absolute atomic E-state index is 0.0940. The van der Waals surface area contributed by atoms with E-state index in [1.807, 2.05) is 30.3 Å². The highest BCUT2D eigenvalue weighted by molar-refractivity contribution is 5.74. The number of ether oxygens (including phenoxy) is 1. The van der Waals surface area contributed by atoms with Crippen molar-refractivity contribution in [2.75, 3.05) is 13.2 Å². The molecule has 1 aliphatic heterocycles. The third-order valence-corrected chi connectivity index (χ3v) is 5.17. The summed E-state index contributed by atoms with van der Waals surface area (Å²) in [7, 11) is 0. The van der Waals surface area contributed by atoms with Crippen molar-refractivity contribution >= 4 is 6.03 Å². The van der Waals surface area contributed by atoms with E-state index in [0.717, 1.165) is 37.9 Å². The van der Waals surface area contributed by atoms with Gasteiger partial charge < -0.3 is 20.1 Å². The second-order valence-corrected chi connectivity index (χ2v) is 8.00. The number of carbonyl (C=O) groups excluding carboxylic acids is 1. The Morgan fingerprint density at radius 2 is 2.04 bits per heavy atom. The molecular formula is C20H30N2O3. The average molecular weight is 346 g/mol. The van der Waals surface area contributed by atoms with E-state index in [1.165, 1.54) is 0 Å². The molecule has 0 spiro atoms. The van der Waals surface area contributed by atoms with Crippen LogP contribution in [0.15, 0.2) is 30.3 Å². The summed E-state index contributed by atoms with van der Waals surface area (Å²) in [5.41, 5.74) is 0.130. The third kappa shape index (κ3) is 4.95. The van der Waals surface area contributed by atoms with Crippen molar-refractivity contribution in [3.8, 4) is 0 Å². The van der Waals surface area contributed by atoms with E-state index in [2.05, 4.69) is 5.32 Å². The minimum Gasteiger partial charge on any atom is -0.389 e. The second-order valence-electron chi connectivity index (χ2n) is 8.00. The molecule has 2 amide bonds. The van der Waals surface area contributed by atoms with Gasteiger partial charge in [0.15, 0.2) is 0 Å². The summed E-state index contributed by atoms with van der Waals surface area (Å²) in [5, 5.41) is 13.5. The maximum absolute atomic E-state index is 12.9. The predicted octanol–water partition coefficient (Wildman–Crippen LogP) is 2.93. The molecule has 5 nitrogen and oxygen atoms in total. The summed E-state index contributed by atoms with van der Waals surface area (Å²) in [6.07, 6.45) is 4.54. The Hall–Kier alpha value is -1.59. The van der Waals surface area contributed by atoms with Gasteiger partial charge in [0.05, 0.1) is 18.2 Å². The summed E-state index contributed by atoms with van der Waals surface area (Å²) in [6.45, 7) is 5.07. The van der Waals surface area contributed by atoms with E-state index >= 15 is 0 Å². The van der Waals surface area contributed by atoms with Crippen molar-refractivity contribution in [2.24, 2.45) is 5.92 Å². The molecule has 1 aliphatic carbocycles. The molecule has 1 aromatic carbocycles. The molecule has 2 aliphatic rings. The summed E-state index contributed by atoms with van der Waals surface area (Å²) in [6, 6.07) is 10.00. The molecule has 3 atom stereocenters. The fourth-order valence-corrected chi connectivity index (χ4v) is 4.08. The zero-order valence-corrected chi connectivity index (χ0v) is 15.3. The molecule has 25 heavy (non-hydrogen) atoms. The highest BCUT2D eigenvalue weighted by Crippen LogP contribution is 2.34. The fraction of sp³-hybridized carbons (Fsp3) is 0.650. The standard InChI is InChI=1S/C20H30N2O3/c1-20(2,24)14-22(13-15-7-4-3-5-8-15)19(23)21-17-9-6-10-18-16(17)11-12-25-18/h3-5,7-8,16-18,24H,6,9-14H2,1-2H3,(H,21,23). The SMILES string of the molecule is CC(C)(O)CN(Cc1ccccc1)C(=O)NC1CCCC2OCCC12. The third-order valence-electron chi connectivity index (χ3n) is 5.17. The molecule has 3 unspecified atom stereocenters. The first kappa shape index (κ1) is 18.2. The van der Waals surface area contributed by atoms with Gasteiger partial charge in [-0.2, -0.15) is 0 Å². The topological polar surface area (TPSA) is 61.8 Å². The predicted molar refractivity (Wildman–Crippen MR) is 97.2 cm³/mol. The van der Waals surface area contributed by atoms with Crippen molar-refractivity contribution in [3.63, 3.8) is 0 Å². The van der Waals surface area contributed by atoms with Crippen LogP contribution in [0.3, 0.4) is 0 Å². The van der Waals surface area contributed by atoms with E-state index in [4.69, 9.17) is 4.74 Å². The molecule has 5 heteroatoms. The monoisotopic (exact) mass is 346 g/mol. The van der Waals surface area contributed by atoms with Crippen LogP contribution < -0.4 is 5.32 Å². The Kier molecular flexibility index (Phi) is 5.64. The van der Waals surface area contributed by atoms with E-state index in [-0.39, 0.29) is 12.1 Å². The van der Waals surface area contributed by atoms with Gasteiger partial charge in [0.25, 0.3) is 0 Å². The van der Waals surface area contributed by atoms with Gasteiger partial charge in [0.1, 0.15) is 0 Å². The molecule has 1 saturated heterocycles. The molecule has 1 saturated carbocycles. The Morgan fingerprint density at radius 3 is 2.76 bits per heavy atom. The number of fused-ring (bicyclic) bond motifs is 1. The van der Waals surface area contributed by atoms with Crippen LogP contribution in [-0.2, 0) is 11.3 Å². The van der Waals surface area contributed by atoms with Crippen molar-refractivity contribution in [2.45, 2.75) is 63.8 Å². The van der Waals surface area contributed by atoms with Crippen LogP contribution in [-0.4, -0.2) is 46.9 Å². The molecular weight excluding hydrogens is 316 g/mol. The van der Waals surface area contributed by atoms with Gasteiger partial charge in [0.2, 0.25) is 0 Å². The summed E-state index contributed by atoms with van der Waals surface area (Å²) >= 11 is 0. The van der Waals surface area contributed by atoms with E-state index in [9.17, 15) is 9.90 Å². The lowest BCUT2D eigenvalue weighted by atomic mass is 9.82. The van der Waals surface area contributed by atoms with Gasteiger partial charge in [-0.1, -0.05) is 30.3 Å². The fourth-order valence-electron chi connectivity index (χ4n) is 4.08. The number of aliphatic hydroxyl groups is 1. The lowest BCUT2D eigenvalue weighted by molar-refractivity contribution is 0.0385. The number of urea groups is 1. The number of nitrogens with one attached hydrogen (secondary N) is 1. The number of nitrogens with zero attached hydrogens (tertiary/aromatic N) is 1. The van der Waals surface area contributed by atoms with Gasteiger partial charge in [0, 0.05) is 25.1 Å². The maximum Gasteiger partial charge on any atom is 0.318 e. The van der Waals surface area contributed by atoms with Gasteiger partial charge >= 0.3 is 6.03 Å². The molecule has 2 fully saturated rings. The minimum atomic E-state index is -0.933. The quantitative estimate of drug-likeness (QED) is 0.862. The van der Waals surface area contributed by atoms with E-state index in [1.54, 1.807) is 18.7 Å². The van der Waals surface area contributed by atoms with Crippen molar-refractivity contribution in [3.05, 3.63) is 35.9 Å². The number of benzene rings is 1. The van der Waals surface area contributed by atoms with Crippen LogP contribution in [0.25, 0.3) is 0 Å². The molecule has 2 N–H and O–H groups in total. The number of hydrogen-bond donors (Lipinski definition) is 2. The zero-order chi connectivity index (χ0) is 17.9. The van der Waals surface area contributed by atoms with E-state index in [0.29, 0.717) is 25.1 Å². The number of hydrogen-bond acceptors (Lipinski definition) is 3. The smallest absolute Gasteiger partial charge is 0.318 e. The molecule has 1 aromatic rings. The molecule has 3 rings (SSSR count). The number of amides is 2. The maximum atomic E-state index is 12.9. The van der Waals surface area contributed by atoms with Gasteiger partial charge in [-0.05, 0) is 45.1 Å². The Bertz CT molecular complexity index is 570. The Labute approximate surface area is 150 Å². The summed E-state index contributed by atoms with van der Waals surface area (Å²) in [5.74, 6) is 0.429. The van der Waals surface area contributed by atoms with Crippen molar-refractivity contribution in [1.82, 2.24) is 10.2 Å². The largest absolute Gasteiger partial charge is 0.389 e. The van der Waals surface area contributed by atoms with Crippen LogP contribution in [0.1, 0.15) is 45.1 Å². The highest BCUT2D eigenvalue weighted by atomic mass is 16.5. The first-order chi connectivity index (χ1) is 11.9. The highest BCUT2D eigenvalue weighted by Gasteiger charge is 2.39. The van der Waals surface area contributed by atoms with Gasteiger partial charge in [-0.3, -0.25) is 0 Å². The number of rotatable bonds is 5. The molecule has 1 heterocycles. The van der Waals surface area contributed by atoms with Gasteiger partial charge in [-0.15, -0.1) is 0 Å². The van der Waals surface area contributed by atoms with Crippen molar-refractivity contribution < 1.29 is 14.6 Å². The van der Waals surface area contributed by atoms with Crippen LogP contribution in [0.2, 0.25) is 0 Å². The molecule has 0 aromatic heterocycles. The number of carbonyl (C=O) groups is 1. The lowest BCUT2D eigenvalue weighted by Crippen LogP contribution is -2.52. The molecule has 138 valence electrons. The van der Waals surface area contributed by atoms with Crippen LogP contribution >= 0.6 is 0 Å².